The maximum Gasteiger partial charge on any atom is 0.232 e. The van der Waals surface area contributed by atoms with Crippen LogP contribution in [0.2, 0.25) is 0 Å². The fraction of sp³-hybridized carbons (Fsp3) is 0.200. The first-order valence-electron chi connectivity index (χ1n) is 8.43. The van der Waals surface area contributed by atoms with Gasteiger partial charge in [-0.25, -0.2) is 4.98 Å². The number of rotatable bonds is 3. The van der Waals surface area contributed by atoms with Crippen molar-refractivity contribution in [2.75, 3.05) is 16.8 Å². The van der Waals surface area contributed by atoms with E-state index in [0.717, 1.165) is 47.0 Å². The third-order valence-corrected chi connectivity index (χ3v) is 4.84. The number of nitrogens with one attached hydrogen (secondary N) is 1. The molecule has 2 heterocycles. The highest BCUT2D eigenvalue weighted by atomic mass is 79.9. The Morgan fingerprint density at radius 3 is 2.68 bits per heavy atom. The monoisotopic (exact) mass is 394 g/mol. The second kappa shape index (κ2) is 6.84. The third-order valence-electron chi connectivity index (χ3n) is 4.31. The van der Waals surface area contributed by atoms with Crippen LogP contribution in [-0.2, 0) is 6.42 Å². The van der Waals surface area contributed by atoms with Crippen molar-refractivity contribution in [3.05, 3.63) is 70.3 Å². The zero-order chi connectivity index (χ0) is 17.2. The fourth-order valence-corrected chi connectivity index (χ4v) is 3.42. The largest absolute Gasteiger partial charge is 0.340 e. The van der Waals surface area contributed by atoms with E-state index in [4.69, 9.17) is 4.98 Å². The number of aryl methyl sites for hydroxylation is 2. The van der Waals surface area contributed by atoms with Gasteiger partial charge in [0.05, 0.1) is 0 Å². The van der Waals surface area contributed by atoms with Crippen LogP contribution in [0.15, 0.2) is 59.1 Å². The van der Waals surface area contributed by atoms with E-state index in [9.17, 15) is 0 Å². The molecule has 0 unspecified atom stereocenters. The van der Waals surface area contributed by atoms with Gasteiger partial charge in [0, 0.05) is 34.2 Å². The molecule has 4 rings (SSSR count). The molecule has 5 heteroatoms. The molecule has 0 fully saturated rings. The van der Waals surface area contributed by atoms with E-state index >= 15 is 0 Å². The van der Waals surface area contributed by atoms with Crippen molar-refractivity contribution >= 4 is 39.1 Å². The molecule has 2 aromatic carbocycles. The van der Waals surface area contributed by atoms with Crippen LogP contribution in [0.3, 0.4) is 0 Å². The molecule has 25 heavy (non-hydrogen) atoms. The molecule has 0 aliphatic carbocycles. The maximum absolute atomic E-state index is 4.77. The molecule has 4 nitrogen and oxygen atoms in total. The van der Waals surface area contributed by atoms with Crippen molar-refractivity contribution in [2.45, 2.75) is 19.8 Å². The molecule has 3 aromatic rings. The Balaban J connectivity index is 1.67. The van der Waals surface area contributed by atoms with Crippen molar-refractivity contribution in [1.29, 1.82) is 0 Å². The molecule has 0 saturated heterocycles. The van der Waals surface area contributed by atoms with Gasteiger partial charge in [-0.2, -0.15) is 4.98 Å². The van der Waals surface area contributed by atoms with Crippen LogP contribution < -0.4 is 10.2 Å². The molecule has 0 spiro atoms. The number of halogens is 1. The highest BCUT2D eigenvalue weighted by molar-refractivity contribution is 9.10. The van der Waals surface area contributed by atoms with E-state index in [1.807, 2.05) is 37.3 Å². The molecule has 1 N–H and O–H groups in total. The van der Waals surface area contributed by atoms with E-state index in [-0.39, 0.29) is 0 Å². The van der Waals surface area contributed by atoms with Crippen LogP contribution in [0, 0.1) is 6.92 Å². The number of nitrogens with zero attached hydrogens (tertiary/aromatic N) is 3. The summed E-state index contributed by atoms with van der Waals surface area (Å²) in [6.07, 6.45) is 2.23. The van der Waals surface area contributed by atoms with Gasteiger partial charge in [0.25, 0.3) is 0 Å². The molecule has 0 atom stereocenters. The number of fused-ring (bicyclic) bond motifs is 1. The summed E-state index contributed by atoms with van der Waals surface area (Å²) in [5.41, 5.74) is 4.54. The fourth-order valence-electron chi connectivity index (χ4n) is 3.16. The van der Waals surface area contributed by atoms with Gasteiger partial charge < -0.3 is 10.2 Å². The molecule has 126 valence electrons. The number of anilines is 4. The normalized spacial score (nSPS) is 13.4. The summed E-state index contributed by atoms with van der Waals surface area (Å²) in [4.78, 5) is 11.7. The maximum atomic E-state index is 4.77. The molecular weight excluding hydrogens is 376 g/mol. The van der Waals surface area contributed by atoms with E-state index in [1.54, 1.807) is 0 Å². The second-order valence-electron chi connectivity index (χ2n) is 6.21. The molecule has 1 aliphatic rings. The lowest BCUT2D eigenvalue weighted by atomic mass is 10.0. The molecule has 0 amide bonds. The lowest BCUT2D eigenvalue weighted by Crippen LogP contribution is -2.26. The number of para-hydroxylation sites is 1. The Kier molecular flexibility index (Phi) is 4.40. The van der Waals surface area contributed by atoms with Gasteiger partial charge in [-0.05, 0) is 55.7 Å². The Hall–Kier alpha value is -2.40. The van der Waals surface area contributed by atoms with Gasteiger partial charge in [-0.15, -0.1) is 0 Å². The van der Waals surface area contributed by atoms with Crippen LogP contribution in [0.4, 0.5) is 23.1 Å². The second-order valence-corrected chi connectivity index (χ2v) is 7.13. The van der Waals surface area contributed by atoms with Crippen LogP contribution in [0.25, 0.3) is 0 Å². The third kappa shape index (κ3) is 3.51. The van der Waals surface area contributed by atoms with Gasteiger partial charge in [0.2, 0.25) is 5.95 Å². The Labute approximate surface area is 156 Å². The van der Waals surface area contributed by atoms with Crippen molar-refractivity contribution in [1.82, 2.24) is 9.97 Å². The number of aromatic nitrogens is 2. The van der Waals surface area contributed by atoms with Crippen molar-refractivity contribution in [3.8, 4) is 0 Å². The average molecular weight is 395 g/mol. The van der Waals surface area contributed by atoms with E-state index in [0.29, 0.717) is 0 Å². The summed E-state index contributed by atoms with van der Waals surface area (Å²) in [6.45, 7) is 2.95. The molecule has 0 radical (unpaired) electrons. The predicted molar refractivity (Wildman–Crippen MR) is 106 cm³/mol. The molecule has 1 aliphatic heterocycles. The van der Waals surface area contributed by atoms with Crippen LogP contribution in [-0.4, -0.2) is 16.5 Å². The predicted octanol–water partition coefficient (Wildman–Crippen LogP) is 5.38. The number of benzene rings is 2. The smallest absolute Gasteiger partial charge is 0.232 e. The first kappa shape index (κ1) is 16.1. The highest BCUT2D eigenvalue weighted by Gasteiger charge is 2.20. The molecule has 1 aromatic heterocycles. The minimum Gasteiger partial charge on any atom is -0.340 e. The lowest BCUT2D eigenvalue weighted by Gasteiger charge is -2.29. The van der Waals surface area contributed by atoms with Crippen molar-refractivity contribution < 1.29 is 0 Å². The summed E-state index contributed by atoms with van der Waals surface area (Å²) in [5.74, 6) is 1.57. The van der Waals surface area contributed by atoms with Gasteiger partial charge in [0.1, 0.15) is 5.82 Å². The molecule has 0 saturated carbocycles. The van der Waals surface area contributed by atoms with Crippen molar-refractivity contribution in [2.24, 2.45) is 0 Å². The summed E-state index contributed by atoms with van der Waals surface area (Å²) in [6, 6.07) is 18.6. The van der Waals surface area contributed by atoms with Crippen LogP contribution in [0.1, 0.15) is 17.7 Å². The topological polar surface area (TPSA) is 41.1 Å². The van der Waals surface area contributed by atoms with Gasteiger partial charge in [-0.1, -0.05) is 34.1 Å². The van der Waals surface area contributed by atoms with Gasteiger partial charge in [-0.3, -0.25) is 0 Å². The van der Waals surface area contributed by atoms with Crippen LogP contribution in [0.5, 0.6) is 0 Å². The Morgan fingerprint density at radius 1 is 1.04 bits per heavy atom. The highest BCUT2D eigenvalue weighted by Crippen LogP contribution is 2.32. The Morgan fingerprint density at radius 2 is 1.84 bits per heavy atom. The average Bonchev–Trinajstić information content (AvgIpc) is 2.63. The number of hydrogen-bond donors (Lipinski definition) is 1. The van der Waals surface area contributed by atoms with Gasteiger partial charge >= 0.3 is 0 Å². The zero-order valence-corrected chi connectivity index (χ0v) is 15.6. The minimum atomic E-state index is 0.756. The van der Waals surface area contributed by atoms with Crippen LogP contribution >= 0.6 is 15.9 Å². The molecular formula is C20H19BrN4. The SMILES string of the molecule is Cc1cc(Nc2ccc(Br)cc2)nc(N2CCCc3ccccc32)n1. The summed E-state index contributed by atoms with van der Waals surface area (Å²) >= 11 is 3.46. The first-order valence-corrected chi connectivity index (χ1v) is 9.22. The number of hydrogen-bond acceptors (Lipinski definition) is 4. The van der Waals surface area contributed by atoms with E-state index < -0.39 is 0 Å². The first-order chi connectivity index (χ1) is 12.2. The summed E-state index contributed by atoms with van der Waals surface area (Å²) in [7, 11) is 0. The Bertz CT molecular complexity index is 892. The van der Waals surface area contributed by atoms with E-state index in [1.165, 1.54) is 11.3 Å². The van der Waals surface area contributed by atoms with Crippen molar-refractivity contribution in [3.63, 3.8) is 0 Å². The quantitative estimate of drug-likeness (QED) is 0.647. The van der Waals surface area contributed by atoms with E-state index in [2.05, 4.69) is 55.4 Å². The van der Waals surface area contributed by atoms with Gasteiger partial charge in [0.15, 0.2) is 0 Å². The lowest BCUT2D eigenvalue weighted by molar-refractivity contribution is 0.749. The summed E-state index contributed by atoms with van der Waals surface area (Å²) in [5, 5.41) is 3.38. The zero-order valence-electron chi connectivity index (χ0n) is 14.0. The summed E-state index contributed by atoms with van der Waals surface area (Å²) < 4.78 is 1.06. The molecule has 0 bridgehead atoms. The minimum absolute atomic E-state index is 0.756. The standard InChI is InChI=1S/C20H19BrN4/c1-14-13-19(23-17-10-8-16(21)9-11-17)24-20(22-14)25-12-4-6-15-5-2-3-7-18(15)25/h2-3,5,7-11,13H,4,6,12H2,1H3,(H,22,23,24).